The lowest BCUT2D eigenvalue weighted by atomic mass is 10.1. The van der Waals surface area contributed by atoms with Gasteiger partial charge < -0.3 is 19.6 Å². The van der Waals surface area contributed by atoms with E-state index < -0.39 is 0 Å². The van der Waals surface area contributed by atoms with E-state index in [4.69, 9.17) is 4.42 Å². The van der Waals surface area contributed by atoms with Crippen LogP contribution in [0.4, 0.5) is 0 Å². The Hall–Kier alpha value is -2.81. The summed E-state index contributed by atoms with van der Waals surface area (Å²) >= 11 is 1.84. The zero-order valence-corrected chi connectivity index (χ0v) is 18.8. The van der Waals surface area contributed by atoms with E-state index in [2.05, 4.69) is 44.0 Å². The Morgan fingerprint density at radius 1 is 1.17 bits per heavy atom. The smallest absolute Gasteiger partial charge is 0.226 e. The number of oxazole rings is 1. The summed E-state index contributed by atoms with van der Waals surface area (Å²) in [4.78, 5) is 9.24. The van der Waals surface area contributed by atoms with Gasteiger partial charge in [0, 0.05) is 19.2 Å². The van der Waals surface area contributed by atoms with E-state index in [9.17, 15) is 0 Å². The van der Waals surface area contributed by atoms with Gasteiger partial charge in [0.25, 0.3) is 0 Å². The maximum absolute atomic E-state index is 5.64. The second kappa shape index (κ2) is 10.8. The van der Waals surface area contributed by atoms with Crippen molar-refractivity contribution in [3.8, 4) is 11.5 Å². The van der Waals surface area contributed by atoms with Gasteiger partial charge in [0.1, 0.15) is 17.8 Å². The Morgan fingerprint density at radius 2 is 1.97 bits per heavy atom. The fraction of sp³-hybridized carbons (Fsp3) is 0.429. The monoisotopic (exact) mass is 427 g/mol. The third-order valence-corrected chi connectivity index (χ3v) is 5.36. The molecule has 0 atom stereocenters. The largest absolute Gasteiger partial charge is 0.444 e. The van der Waals surface area contributed by atoms with Crippen LogP contribution in [0.15, 0.2) is 39.9 Å². The molecule has 0 spiro atoms. The highest BCUT2D eigenvalue weighted by molar-refractivity contribution is 7.98. The summed E-state index contributed by atoms with van der Waals surface area (Å²) < 4.78 is 7.60. The first kappa shape index (κ1) is 21.9. The molecule has 2 N–H and O–H groups in total. The fourth-order valence-electron chi connectivity index (χ4n) is 2.73. The van der Waals surface area contributed by atoms with E-state index in [1.54, 1.807) is 6.26 Å². The zero-order chi connectivity index (χ0) is 21.3. The summed E-state index contributed by atoms with van der Waals surface area (Å²) in [6.07, 6.45) is 4.84. The molecule has 1 aromatic carbocycles. The number of nitrogens with one attached hydrogen (secondary N) is 2. The van der Waals surface area contributed by atoms with E-state index in [0.717, 1.165) is 47.6 Å². The summed E-state index contributed by atoms with van der Waals surface area (Å²) in [5.74, 6) is 4.17. The molecule has 0 aliphatic heterocycles. The predicted molar refractivity (Wildman–Crippen MR) is 121 cm³/mol. The highest BCUT2D eigenvalue weighted by atomic mass is 32.2. The summed E-state index contributed by atoms with van der Waals surface area (Å²) in [5.41, 5.74) is 2.95. The van der Waals surface area contributed by atoms with Gasteiger partial charge in [-0.2, -0.15) is 11.8 Å². The number of benzene rings is 1. The molecule has 8 nitrogen and oxygen atoms in total. The van der Waals surface area contributed by atoms with Gasteiger partial charge in [-0.15, -0.1) is 10.2 Å². The number of nitrogens with zero attached hydrogens (tertiary/aromatic N) is 5. The summed E-state index contributed by atoms with van der Waals surface area (Å²) in [7, 11) is 1.96. The van der Waals surface area contributed by atoms with E-state index in [1.165, 1.54) is 5.56 Å². The molecule has 160 valence electrons. The fourth-order valence-corrected chi connectivity index (χ4v) is 3.17. The van der Waals surface area contributed by atoms with Crippen LogP contribution in [0.25, 0.3) is 11.5 Å². The van der Waals surface area contributed by atoms with Gasteiger partial charge in [-0.1, -0.05) is 17.7 Å². The average Bonchev–Trinajstić information content (AvgIpc) is 3.35. The van der Waals surface area contributed by atoms with Crippen molar-refractivity contribution in [2.45, 2.75) is 33.4 Å². The number of thioether (sulfide) groups is 1. The third-order valence-electron chi connectivity index (χ3n) is 4.66. The van der Waals surface area contributed by atoms with Gasteiger partial charge in [-0.25, -0.2) is 9.98 Å². The van der Waals surface area contributed by atoms with Gasteiger partial charge in [-0.05, 0) is 44.4 Å². The van der Waals surface area contributed by atoms with Crippen molar-refractivity contribution in [1.82, 2.24) is 30.4 Å². The molecule has 0 aliphatic carbocycles. The van der Waals surface area contributed by atoms with Crippen molar-refractivity contribution >= 4 is 17.7 Å². The molecule has 2 aromatic heterocycles. The van der Waals surface area contributed by atoms with E-state index in [0.29, 0.717) is 19.0 Å². The Balaban J connectivity index is 1.64. The SMILES string of the molecule is CSCCCNC(=NCc1coc(-c2ccc(C)cc2)n1)NCc1nnc(C)n1C. The minimum atomic E-state index is 0.422. The quantitative estimate of drug-likeness (QED) is 0.308. The normalized spacial score (nSPS) is 11.7. The highest BCUT2D eigenvalue weighted by Crippen LogP contribution is 2.19. The lowest BCUT2D eigenvalue weighted by Crippen LogP contribution is -2.38. The lowest BCUT2D eigenvalue weighted by molar-refractivity contribution is 0.572. The first-order valence-corrected chi connectivity index (χ1v) is 11.3. The van der Waals surface area contributed by atoms with Crippen LogP contribution in [0.2, 0.25) is 0 Å². The minimum absolute atomic E-state index is 0.422. The highest BCUT2D eigenvalue weighted by Gasteiger charge is 2.09. The van der Waals surface area contributed by atoms with E-state index in [1.807, 2.05) is 54.6 Å². The third kappa shape index (κ3) is 6.09. The van der Waals surface area contributed by atoms with Gasteiger partial charge >= 0.3 is 0 Å². The molecule has 0 aliphatic rings. The van der Waals surface area contributed by atoms with Crippen LogP contribution in [0, 0.1) is 13.8 Å². The molecule has 0 unspecified atom stereocenters. The lowest BCUT2D eigenvalue weighted by Gasteiger charge is -2.12. The molecule has 0 amide bonds. The number of hydrogen-bond acceptors (Lipinski definition) is 6. The molecule has 0 radical (unpaired) electrons. The summed E-state index contributed by atoms with van der Waals surface area (Å²) in [6, 6.07) is 8.12. The van der Waals surface area contributed by atoms with Crippen LogP contribution in [0.5, 0.6) is 0 Å². The molecule has 30 heavy (non-hydrogen) atoms. The first-order chi connectivity index (χ1) is 14.6. The molecule has 0 saturated heterocycles. The van der Waals surface area contributed by atoms with Gasteiger partial charge in [0.2, 0.25) is 5.89 Å². The molecular weight excluding hydrogens is 398 g/mol. The Morgan fingerprint density at radius 3 is 2.67 bits per heavy atom. The maximum Gasteiger partial charge on any atom is 0.226 e. The second-order valence-electron chi connectivity index (χ2n) is 7.02. The van der Waals surface area contributed by atoms with Crippen LogP contribution >= 0.6 is 11.8 Å². The van der Waals surface area contributed by atoms with Crippen molar-refractivity contribution in [2.24, 2.45) is 12.0 Å². The first-order valence-electron chi connectivity index (χ1n) is 9.94. The van der Waals surface area contributed by atoms with Crippen molar-refractivity contribution < 1.29 is 4.42 Å². The number of rotatable bonds is 9. The molecule has 0 bridgehead atoms. The molecular formula is C21H29N7OS. The van der Waals surface area contributed by atoms with Crippen LogP contribution in [-0.2, 0) is 20.1 Å². The van der Waals surface area contributed by atoms with Crippen molar-refractivity contribution in [3.05, 3.63) is 53.4 Å². The Labute approximate surface area is 181 Å². The number of aryl methyl sites for hydroxylation is 2. The van der Waals surface area contributed by atoms with Crippen LogP contribution in [0.3, 0.4) is 0 Å². The van der Waals surface area contributed by atoms with E-state index in [-0.39, 0.29) is 0 Å². The van der Waals surface area contributed by atoms with Crippen molar-refractivity contribution in [3.63, 3.8) is 0 Å². The standard InChI is InChI=1S/C21H29N7OS/c1-15-6-8-17(9-7-15)20-25-18(14-29-20)12-23-21(22-10-5-11-30-4)24-13-19-27-26-16(2)28(19)3/h6-9,14H,5,10-13H2,1-4H3,(H2,22,23,24). The number of guanidine groups is 1. The average molecular weight is 428 g/mol. The maximum atomic E-state index is 5.64. The van der Waals surface area contributed by atoms with Gasteiger partial charge in [0.05, 0.1) is 13.1 Å². The van der Waals surface area contributed by atoms with Crippen LogP contribution in [-0.4, -0.2) is 44.3 Å². The summed E-state index contributed by atoms with van der Waals surface area (Å²) in [6.45, 7) is 5.80. The minimum Gasteiger partial charge on any atom is -0.444 e. The molecule has 3 aromatic rings. The summed E-state index contributed by atoms with van der Waals surface area (Å²) in [5, 5.41) is 15.0. The number of hydrogen-bond donors (Lipinski definition) is 2. The van der Waals surface area contributed by atoms with Crippen LogP contribution < -0.4 is 10.6 Å². The van der Waals surface area contributed by atoms with Crippen molar-refractivity contribution in [2.75, 3.05) is 18.6 Å². The topological polar surface area (TPSA) is 93.2 Å². The zero-order valence-electron chi connectivity index (χ0n) is 18.0. The Kier molecular flexibility index (Phi) is 7.89. The predicted octanol–water partition coefficient (Wildman–Crippen LogP) is 3.08. The molecule has 2 heterocycles. The van der Waals surface area contributed by atoms with Crippen LogP contribution in [0.1, 0.15) is 29.3 Å². The second-order valence-corrected chi connectivity index (χ2v) is 8.01. The number of aliphatic imine (C=N–C) groups is 1. The van der Waals surface area contributed by atoms with Gasteiger partial charge in [0.15, 0.2) is 11.8 Å². The number of aromatic nitrogens is 4. The molecule has 0 fully saturated rings. The van der Waals surface area contributed by atoms with Crippen molar-refractivity contribution in [1.29, 1.82) is 0 Å². The molecule has 9 heteroatoms. The van der Waals surface area contributed by atoms with E-state index >= 15 is 0 Å². The molecule has 0 saturated carbocycles. The Bertz CT molecular complexity index is 962. The van der Waals surface area contributed by atoms with Gasteiger partial charge in [-0.3, -0.25) is 0 Å². The molecule has 3 rings (SSSR count).